The van der Waals surface area contributed by atoms with E-state index >= 15 is 0 Å². The number of unbranched alkanes of at least 4 members (excludes halogenated alkanes) is 1. The zero-order valence-corrected chi connectivity index (χ0v) is 12.4. The lowest BCUT2D eigenvalue weighted by atomic mass is 10.0. The Labute approximate surface area is 121 Å². The van der Waals surface area contributed by atoms with E-state index in [4.69, 9.17) is 9.47 Å². The summed E-state index contributed by atoms with van der Waals surface area (Å²) in [6.45, 7) is 4.13. The third kappa shape index (κ3) is 4.30. The Balaban J connectivity index is 1.80. The number of ether oxygens (including phenoxy) is 2. The molecule has 3 nitrogen and oxygen atoms in total. The molecular formula is C17H26O3. The number of hydrogen-bond acceptors (Lipinski definition) is 3. The summed E-state index contributed by atoms with van der Waals surface area (Å²) < 4.78 is 11.3. The fourth-order valence-corrected chi connectivity index (χ4v) is 2.68. The van der Waals surface area contributed by atoms with Crippen LogP contribution in [0.3, 0.4) is 0 Å². The van der Waals surface area contributed by atoms with Crippen LogP contribution in [0.15, 0.2) is 24.3 Å². The predicted octanol–water partition coefficient (Wildman–Crippen LogP) is 3.26. The standard InChI is InChI=1S/C17H26O3/c1-2-3-11-19-12-13-20-16-10-6-8-14-7-4-5-9-15(14)17(16)18/h4-5,7,9,16-18H,2-3,6,8,10-13H2,1H3. The van der Waals surface area contributed by atoms with Gasteiger partial charge in [0.05, 0.1) is 19.3 Å². The number of aliphatic hydroxyl groups is 1. The second kappa shape index (κ2) is 8.40. The highest BCUT2D eigenvalue weighted by Gasteiger charge is 2.26. The van der Waals surface area contributed by atoms with Gasteiger partial charge in [-0.05, 0) is 36.8 Å². The Kier molecular flexibility index (Phi) is 6.51. The van der Waals surface area contributed by atoms with Crippen molar-refractivity contribution in [2.45, 2.75) is 51.2 Å². The summed E-state index contributed by atoms with van der Waals surface area (Å²) in [7, 11) is 0. The van der Waals surface area contributed by atoms with Crippen molar-refractivity contribution < 1.29 is 14.6 Å². The Morgan fingerprint density at radius 1 is 1.20 bits per heavy atom. The molecule has 1 aliphatic carbocycles. The molecule has 0 spiro atoms. The SMILES string of the molecule is CCCCOCCOC1CCCc2ccccc2C1O. The number of rotatable bonds is 7. The Morgan fingerprint density at radius 2 is 2.05 bits per heavy atom. The third-order valence-corrected chi connectivity index (χ3v) is 3.86. The van der Waals surface area contributed by atoms with Crippen LogP contribution in [0.25, 0.3) is 0 Å². The fraction of sp³-hybridized carbons (Fsp3) is 0.647. The minimum absolute atomic E-state index is 0.103. The van der Waals surface area contributed by atoms with E-state index in [9.17, 15) is 5.11 Å². The van der Waals surface area contributed by atoms with Crippen LogP contribution in [0, 0.1) is 0 Å². The minimum atomic E-state index is -0.510. The molecule has 0 amide bonds. The number of aryl methyl sites for hydroxylation is 1. The van der Waals surface area contributed by atoms with Crippen molar-refractivity contribution in [1.29, 1.82) is 0 Å². The molecule has 0 bridgehead atoms. The highest BCUT2D eigenvalue weighted by Crippen LogP contribution is 2.30. The summed E-state index contributed by atoms with van der Waals surface area (Å²) >= 11 is 0. The van der Waals surface area contributed by atoms with Crippen LogP contribution in [0.2, 0.25) is 0 Å². The largest absolute Gasteiger partial charge is 0.386 e. The maximum absolute atomic E-state index is 10.5. The van der Waals surface area contributed by atoms with Gasteiger partial charge in [-0.1, -0.05) is 37.6 Å². The second-order valence-electron chi connectivity index (χ2n) is 5.41. The van der Waals surface area contributed by atoms with Gasteiger partial charge in [0.25, 0.3) is 0 Å². The summed E-state index contributed by atoms with van der Waals surface area (Å²) in [5.74, 6) is 0. The molecular weight excluding hydrogens is 252 g/mol. The number of benzene rings is 1. The summed E-state index contributed by atoms with van der Waals surface area (Å²) in [6, 6.07) is 8.14. The van der Waals surface area contributed by atoms with E-state index < -0.39 is 6.10 Å². The zero-order chi connectivity index (χ0) is 14.2. The van der Waals surface area contributed by atoms with E-state index in [0.717, 1.165) is 44.3 Å². The van der Waals surface area contributed by atoms with Crippen molar-refractivity contribution >= 4 is 0 Å². The second-order valence-corrected chi connectivity index (χ2v) is 5.41. The first kappa shape index (κ1) is 15.5. The monoisotopic (exact) mass is 278 g/mol. The molecule has 112 valence electrons. The van der Waals surface area contributed by atoms with E-state index in [1.54, 1.807) is 0 Å². The van der Waals surface area contributed by atoms with Crippen molar-refractivity contribution in [3.63, 3.8) is 0 Å². The topological polar surface area (TPSA) is 38.7 Å². The van der Waals surface area contributed by atoms with E-state index in [-0.39, 0.29) is 6.10 Å². The smallest absolute Gasteiger partial charge is 0.105 e. The van der Waals surface area contributed by atoms with Gasteiger partial charge >= 0.3 is 0 Å². The van der Waals surface area contributed by atoms with Crippen LogP contribution in [0.4, 0.5) is 0 Å². The third-order valence-electron chi connectivity index (χ3n) is 3.86. The van der Waals surface area contributed by atoms with E-state index in [0.29, 0.717) is 13.2 Å². The summed E-state index contributed by atoms with van der Waals surface area (Å²) in [6.07, 6.45) is 4.64. The van der Waals surface area contributed by atoms with Crippen molar-refractivity contribution in [2.75, 3.05) is 19.8 Å². The lowest BCUT2D eigenvalue weighted by Crippen LogP contribution is -2.23. The van der Waals surface area contributed by atoms with Crippen LogP contribution in [0.1, 0.15) is 49.8 Å². The highest BCUT2D eigenvalue weighted by atomic mass is 16.5. The van der Waals surface area contributed by atoms with Gasteiger partial charge in [-0.2, -0.15) is 0 Å². The van der Waals surface area contributed by atoms with Gasteiger partial charge in [0.2, 0.25) is 0 Å². The molecule has 1 N–H and O–H groups in total. The number of fused-ring (bicyclic) bond motifs is 1. The van der Waals surface area contributed by atoms with Gasteiger partial charge < -0.3 is 14.6 Å². The molecule has 2 atom stereocenters. The average Bonchev–Trinajstić information content (AvgIpc) is 2.63. The number of hydrogen-bond donors (Lipinski definition) is 1. The maximum atomic E-state index is 10.5. The molecule has 1 aromatic carbocycles. The van der Waals surface area contributed by atoms with Gasteiger partial charge in [0, 0.05) is 6.61 Å². The van der Waals surface area contributed by atoms with Crippen molar-refractivity contribution in [3.8, 4) is 0 Å². The molecule has 2 unspecified atom stereocenters. The molecule has 0 aliphatic heterocycles. The highest BCUT2D eigenvalue weighted by molar-refractivity contribution is 5.30. The summed E-state index contributed by atoms with van der Waals surface area (Å²) in [5, 5.41) is 10.5. The number of aliphatic hydroxyl groups excluding tert-OH is 1. The molecule has 1 aliphatic rings. The summed E-state index contributed by atoms with van der Waals surface area (Å²) in [4.78, 5) is 0. The van der Waals surface area contributed by atoms with E-state index in [2.05, 4.69) is 13.0 Å². The molecule has 0 saturated heterocycles. The van der Waals surface area contributed by atoms with Crippen LogP contribution in [-0.2, 0) is 15.9 Å². The van der Waals surface area contributed by atoms with Crippen molar-refractivity contribution in [1.82, 2.24) is 0 Å². The fourth-order valence-electron chi connectivity index (χ4n) is 2.68. The molecule has 0 aromatic heterocycles. The molecule has 1 aromatic rings. The van der Waals surface area contributed by atoms with Gasteiger partial charge in [-0.25, -0.2) is 0 Å². The quantitative estimate of drug-likeness (QED) is 0.614. The molecule has 0 fully saturated rings. The molecule has 0 heterocycles. The van der Waals surface area contributed by atoms with Crippen LogP contribution in [0.5, 0.6) is 0 Å². The van der Waals surface area contributed by atoms with Crippen LogP contribution in [-0.4, -0.2) is 31.0 Å². The van der Waals surface area contributed by atoms with Crippen LogP contribution >= 0.6 is 0 Å². The summed E-state index contributed by atoms with van der Waals surface area (Å²) in [5.41, 5.74) is 2.28. The first-order valence-corrected chi connectivity index (χ1v) is 7.78. The first-order chi connectivity index (χ1) is 9.83. The Hall–Kier alpha value is -0.900. The molecule has 2 rings (SSSR count). The normalized spacial score (nSPS) is 22.3. The lowest BCUT2D eigenvalue weighted by molar-refractivity contribution is -0.0600. The van der Waals surface area contributed by atoms with E-state index in [1.807, 2.05) is 18.2 Å². The van der Waals surface area contributed by atoms with Gasteiger partial charge in [-0.15, -0.1) is 0 Å². The molecule has 3 heteroatoms. The Morgan fingerprint density at radius 3 is 2.90 bits per heavy atom. The molecule has 0 saturated carbocycles. The van der Waals surface area contributed by atoms with E-state index in [1.165, 1.54) is 5.56 Å². The Bertz CT molecular complexity index is 392. The first-order valence-electron chi connectivity index (χ1n) is 7.78. The predicted molar refractivity (Wildman–Crippen MR) is 79.8 cm³/mol. The van der Waals surface area contributed by atoms with Gasteiger partial charge in [0.15, 0.2) is 0 Å². The van der Waals surface area contributed by atoms with Crippen molar-refractivity contribution in [3.05, 3.63) is 35.4 Å². The average molecular weight is 278 g/mol. The molecule has 20 heavy (non-hydrogen) atoms. The van der Waals surface area contributed by atoms with Crippen LogP contribution < -0.4 is 0 Å². The van der Waals surface area contributed by atoms with Crippen molar-refractivity contribution in [2.24, 2.45) is 0 Å². The minimum Gasteiger partial charge on any atom is -0.386 e. The lowest BCUT2D eigenvalue weighted by Gasteiger charge is -2.22. The maximum Gasteiger partial charge on any atom is 0.105 e. The van der Waals surface area contributed by atoms with Gasteiger partial charge in [0.1, 0.15) is 6.10 Å². The molecule has 0 radical (unpaired) electrons. The van der Waals surface area contributed by atoms with Gasteiger partial charge in [-0.3, -0.25) is 0 Å². The zero-order valence-electron chi connectivity index (χ0n) is 12.4.